The highest BCUT2D eigenvalue weighted by Crippen LogP contribution is 2.42. The Morgan fingerprint density at radius 1 is 1.22 bits per heavy atom. The molecule has 0 radical (unpaired) electrons. The number of halogens is 1. The molecule has 5 rings (SSSR count). The van der Waals surface area contributed by atoms with Crippen LogP contribution in [0.25, 0.3) is 16.8 Å². The Labute approximate surface area is 184 Å². The predicted molar refractivity (Wildman–Crippen MR) is 117 cm³/mol. The van der Waals surface area contributed by atoms with Gasteiger partial charge in [-0.2, -0.15) is 5.10 Å². The second kappa shape index (κ2) is 8.02. The molecular weight excluding hydrogens is 411 g/mol. The molecule has 2 fully saturated rings. The van der Waals surface area contributed by atoms with Crippen LogP contribution in [0.15, 0.2) is 47.3 Å². The van der Waals surface area contributed by atoms with Crippen LogP contribution in [-0.4, -0.2) is 40.7 Å². The monoisotopic (exact) mass is 436 g/mol. The zero-order valence-corrected chi connectivity index (χ0v) is 17.9. The van der Waals surface area contributed by atoms with E-state index in [1.54, 1.807) is 19.2 Å². The van der Waals surface area contributed by atoms with E-state index in [0.29, 0.717) is 30.8 Å². The second-order valence-corrected chi connectivity index (χ2v) is 8.70. The quantitative estimate of drug-likeness (QED) is 0.595. The van der Waals surface area contributed by atoms with Crippen LogP contribution in [0.4, 0.5) is 4.39 Å². The highest BCUT2D eigenvalue weighted by Gasteiger charge is 2.48. The molecule has 0 bridgehead atoms. The van der Waals surface area contributed by atoms with E-state index in [1.165, 1.54) is 10.6 Å². The SMILES string of the molecule is COc1ccc(-c2ccc(-n3c(C[C@@]4(C(=O)C5CC5)CCNC4)n[nH]c3=O)c(F)c2)cc1. The van der Waals surface area contributed by atoms with Crippen LogP contribution >= 0.6 is 0 Å². The number of nitrogens with zero attached hydrogens (tertiary/aromatic N) is 2. The first kappa shape index (κ1) is 20.6. The summed E-state index contributed by atoms with van der Waals surface area (Å²) >= 11 is 0. The Balaban J connectivity index is 1.48. The number of hydrogen-bond donors (Lipinski definition) is 2. The number of carbonyl (C=O) groups is 1. The predicted octanol–water partition coefficient (Wildman–Crippen LogP) is 2.88. The summed E-state index contributed by atoms with van der Waals surface area (Å²) in [6.07, 6.45) is 2.85. The van der Waals surface area contributed by atoms with Gasteiger partial charge in [-0.1, -0.05) is 18.2 Å². The number of ether oxygens (including phenoxy) is 1. The van der Waals surface area contributed by atoms with Gasteiger partial charge in [0.2, 0.25) is 0 Å². The van der Waals surface area contributed by atoms with Gasteiger partial charge in [-0.25, -0.2) is 18.9 Å². The van der Waals surface area contributed by atoms with Crippen LogP contribution in [0.5, 0.6) is 5.75 Å². The third-order valence-corrected chi connectivity index (χ3v) is 6.56. The third-order valence-electron chi connectivity index (χ3n) is 6.56. The van der Waals surface area contributed by atoms with Gasteiger partial charge in [-0.15, -0.1) is 0 Å². The van der Waals surface area contributed by atoms with Crippen LogP contribution in [-0.2, 0) is 11.2 Å². The molecule has 2 heterocycles. The Bertz CT molecular complexity index is 1200. The Morgan fingerprint density at radius 2 is 1.97 bits per heavy atom. The van der Waals surface area contributed by atoms with E-state index in [0.717, 1.165) is 30.7 Å². The summed E-state index contributed by atoms with van der Waals surface area (Å²) in [6, 6.07) is 12.1. The molecular formula is C24H25FN4O3. The van der Waals surface area contributed by atoms with Crippen molar-refractivity contribution in [3.05, 3.63) is 64.6 Å². The lowest BCUT2D eigenvalue weighted by Gasteiger charge is -2.26. The summed E-state index contributed by atoms with van der Waals surface area (Å²) in [4.78, 5) is 25.6. The first-order valence-corrected chi connectivity index (χ1v) is 10.9. The van der Waals surface area contributed by atoms with Crippen LogP contribution < -0.4 is 15.7 Å². The number of hydrogen-bond acceptors (Lipinski definition) is 5. The molecule has 7 nitrogen and oxygen atoms in total. The van der Waals surface area contributed by atoms with E-state index < -0.39 is 16.9 Å². The van der Waals surface area contributed by atoms with Crippen molar-refractivity contribution in [2.75, 3.05) is 20.2 Å². The number of Topliss-reactive ketones (excluding diaryl/α,β-unsaturated/α-hetero) is 1. The summed E-state index contributed by atoms with van der Waals surface area (Å²) in [5, 5.41) is 9.89. The molecule has 3 aromatic rings. The Kier molecular flexibility index (Phi) is 5.17. The molecule has 1 aliphatic heterocycles. The molecule has 0 amide bonds. The first-order valence-electron chi connectivity index (χ1n) is 10.9. The van der Waals surface area contributed by atoms with Gasteiger partial charge in [0, 0.05) is 24.3 Å². The van der Waals surface area contributed by atoms with E-state index in [9.17, 15) is 9.59 Å². The fourth-order valence-corrected chi connectivity index (χ4v) is 4.62. The number of carbonyl (C=O) groups excluding carboxylic acids is 1. The smallest absolute Gasteiger partial charge is 0.348 e. The van der Waals surface area contributed by atoms with Crippen molar-refractivity contribution in [2.45, 2.75) is 25.7 Å². The number of rotatable bonds is 7. The second-order valence-electron chi connectivity index (χ2n) is 8.70. The van der Waals surface area contributed by atoms with Gasteiger partial charge < -0.3 is 10.1 Å². The average molecular weight is 436 g/mol. The number of aromatic nitrogens is 3. The van der Waals surface area contributed by atoms with Crippen molar-refractivity contribution < 1.29 is 13.9 Å². The lowest BCUT2D eigenvalue weighted by atomic mass is 9.77. The molecule has 2 N–H and O–H groups in total. The standard InChI is InChI=1S/C24H25FN4O3/c1-32-18-7-4-15(5-8-18)17-6-9-20(19(25)12-17)29-21(27-28-23(29)31)13-24(10-11-26-14-24)22(30)16-2-3-16/h4-9,12,16,26H,2-3,10-11,13-14H2,1H3,(H,28,31)/t24-/m0/s1. The first-order chi connectivity index (χ1) is 15.5. The van der Waals surface area contributed by atoms with Gasteiger partial charge >= 0.3 is 5.69 Å². The van der Waals surface area contributed by atoms with Gasteiger partial charge in [-0.3, -0.25) is 4.79 Å². The maximum absolute atomic E-state index is 15.2. The highest BCUT2D eigenvalue weighted by atomic mass is 19.1. The van der Waals surface area contributed by atoms with Crippen molar-refractivity contribution in [3.63, 3.8) is 0 Å². The van der Waals surface area contributed by atoms with Crippen molar-refractivity contribution in [2.24, 2.45) is 11.3 Å². The number of ketones is 1. The van der Waals surface area contributed by atoms with Gasteiger partial charge in [0.25, 0.3) is 0 Å². The zero-order chi connectivity index (χ0) is 22.3. The van der Waals surface area contributed by atoms with Crippen LogP contribution in [0.3, 0.4) is 0 Å². The maximum Gasteiger partial charge on any atom is 0.348 e. The molecule has 1 aliphatic carbocycles. The molecule has 1 saturated heterocycles. The molecule has 2 aromatic carbocycles. The summed E-state index contributed by atoms with van der Waals surface area (Å²) in [6.45, 7) is 1.31. The molecule has 1 saturated carbocycles. The summed E-state index contributed by atoms with van der Waals surface area (Å²) in [7, 11) is 1.59. The molecule has 0 unspecified atom stereocenters. The number of nitrogens with one attached hydrogen (secondary N) is 2. The van der Waals surface area contributed by atoms with E-state index >= 15 is 4.39 Å². The van der Waals surface area contributed by atoms with E-state index in [-0.39, 0.29) is 17.4 Å². The minimum Gasteiger partial charge on any atom is -0.497 e. The zero-order valence-electron chi connectivity index (χ0n) is 17.9. The number of methoxy groups -OCH3 is 1. The van der Waals surface area contributed by atoms with E-state index in [2.05, 4.69) is 15.5 Å². The summed E-state index contributed by atoms with van der Waals surface area (Å²) in [5.74, 6) is 0.907. The van der Waals surface area contributed by atoms with Crippen molar-refractivity contribution in [1.82, 2.24) is 20.1 Å². The maximum atomic E-state index is 15.2. The van der Waals surface area contributed by atoms with E-state index in [4.69, 9.17) is 4.74 Å². The largest absolute Gasteiger partial charge is 0.497 e. The van der Waals surface area contributed by atoms with Gasteiger partial charge in [-0.05, 0) is 61.2 Å². The van der Waals surface area contributed by atoms with Crippen LogP contribution in [0.2, 0.25) is 0 Å². The Morgan fingerprint density at radius 3 is 2.59 bits per heavy atom. The normalized spacial score (nSPS) is 20.4. The number of benzene rings is 2. The van der Waals surface area contributed by atoms with Gasteiger partial charge in [0.1, 0.15) is 23.2 Å². The topological polar surface area (TPSA) is 89.0 Å². The van der Waals surface area contributed by atoms with Crippen LogP contribution in [0, 0.1) is 17.2 Å². The van der Waals surface area contributed by atoms with E-state index in [1.807, 2.05) is 24.3 Å². The molecule has 1 aromatic heterocycles. The third kappa shape index (κ3) is 3.64. The van der Waals surface area contributed by atoms with Gasteiger partial charge in [0.15, 0.2) is 0 Å². The molecule has 0 spiro atoms. The minimum absolute atomic E-state index is 0.106. The lowest BCUT2D eigenvalue weighted by Crippen LogP contribution is -2.38. The molecule has 2 aliphatic rings. The van der Waals surface area contributed by atoms with Crippen LogP contribution in [0.1, 0.15) is 25.1 Å². The average Bonchev–Trinajstić information content (AvgIpc) is 3.45. The Hall–Kier alpha value is -3.26. The van der Waals surface area contributed by atoms with Crippen molar-refractivity contribution in [3.8, 4) is 22.6 Å². The summed E-state index contributed by atoms with van der Waals surface area (Å²) in [5.41, 5.74) is 0.533. The van der Waals surface area contributed by atoms with Crippen molar-refractivity contribution in [1.29, 1.82) is 0 Å². The fraction of sp³-hybridized carbons (Fsp3) is 0.375. The van der Waals surface area contributed by atoms with Gasteiger partial charge in [0.05, 0.1) is 12.8 Å². The fourth-order valence-electron chi connectivity index (χ4n) is 4.62. The summed E-state index contributed by atoms with van der Waals surface area (Å²) < 4.78 is 21.6. The molecule has 8 heteroatoms. The molecule has 32 heavy (non-hydrogen) atoms. The highest BCUT2D eigenvalue weighted by molar-refractivity contribution is 5.89. The van der Waals surface area contributed by atoms with Crippen molar-refractivity contribution >= 4 is 5.78 Å². The number of aromatic amines is 1. The molecule has 166 valence electrons. The minimum atomic E-state index is -0.593. The molecule has 1 atom stereocenters. The lowest BCUT2D eigenvalue weighted by molar-refractivity contribution is -0.129. The number of H-pyrrole nitrogens is 1.